The van der Waals surface area contributed by atoms with Crippen molar-refractivity contribution < 1.29 is 0 Å². The number of nitrogens with zero attached hydrogens (tertiary/aromatic N) is 1. The van der Waals surface area contributed by atoms with E-state index in [-0.39, 0.29) is 0 Å². The summed E-state index contributed by atoms with van der Waals surface area (Å²) in [5, 5.41) is 1.95. The van der Waals surface area contributed by atoms with Gasteiger partial charge in [-0.1, -0.05) is 35.0 Å². The van der Waals surface area contributed by atoms with Gasteiger partial charge in [-0.05, 0) is 18.4 Å². The second kappa shape index (κ2) is 3.40. The normalized spacial score (nSPS) is 11.0. The van der Waals surface area contributed by atoms with E-state index in [9.17, 15) is 0 Å². The first-order chi connectivity index (χ1) is 6.20. The van der Waals surface area contributed by atoms with E-state index in [2.05, 4.69) is 9.97 Å². The van der Waals surface area contributed by atoms with Crippen LogP contribution in [0.5, 0.6) is 0 Å². The molecule has 0 atom stereocenters. The first kappa shape index (κ1) is 9.19. The van der Waals surface area contributed by atoms with Gasteiger partial charge in [-0.25, -0.2) is 4.98 Å². The Bertz CT molecular complexity index is 414. The number of aromatic nitrogens is 2. The summed E-state index contributed by atoms with van der Waals surface area (Å²) in [6, 6.07) is 3.54. The lowest BCUT2D eigenvalue weighted by Gasteiger charge is -1.93. The molecular formula is C8H6Cl2N2S. The summed E-state index contributed by atoms with van der Waals surface area (Å²) in [5.41, 5.74) is 1.76. The lowest BCUT2D eigenvalue weighted by atomic mass is 10.3. The van der Waals surface area contributed by atoms with Gasteiger partial charge in [0.15, 0.2) is 5.16 Å². The zero-order valence-corrected chi connectivity index (χ0v) is 9.09. The Kier molecular flexibility index (Phi) is 2.41. The third-order valence-corrected chi connectivity index (χ3v) is 3.00. The average molecular weight is 233 g/mol. The maximum Gasteiger partial charge on any atom is 0.166 e. The predicted molar refractivity (Wildman–Crippen MR) is 57.9 cm³/mol. The summed E-state index contributed by atoms with van der Waals surface area (Å²) in [7, 11) is 0. The molecule has 0 bridgehead atoms. The topological polar surface area (TPSA) is 28.7 Å². The molecule has 1 aromatic heterocycles. The standard InChI is InChI=1S/C8H6Cl2N2S/c1-13-8-11-6-2-4(9)5(10)3-7(6)12-8/h2-3H,1H3,(H,11,12). The molecule has 0 unspecified atom stereocenters. The van der Waals surface area contributed by atoms with Crippen LogP contribution in [0, 0.1) is 0 Å². The number of imidazole rings is 1. The van der Waals surface area contributed by atoms with Gasteiger partial charge in [-0.15, -0.1) is 0 Å². The molecule has 0 aliphatic rings. The van der Waals surface area contributed by atoms with Crippen LogP contribution in [-0.2, 0) is 0 Å². The Morgan fingerprint density at radius 2 is 2.00 bits per heavy atom. The number of aromatic amines is 1. The van der Waals surface area contributed by atoms with Crippen LogP contribution in [0.4, 0.5) is 0 Å². The molecule has 1 aromatic carbocycles. The lowest BCUT2D eigenvalue weighted by Crippen LogP contribution is -1.71. The van der Waals surface area contributed by atoms with E-state index in [1.54, 1.807) is 23.9 Å². The number of nitrogens with one attached hydrogen (secondary N) is 1. The third-order valence-electron chi connectivity index (χ3n) is 1.70. The fraction of sp³-hybridized carbons (Fsp3) is 0.125. The van der Waals surface area contributed by atoms with Crippen molar-refractivity contribution in [1.82, 2.24) is 9.97 Å². The SMILES string of the molecule is CSc1nc2cc(Cl)c(Cl)cc2[nH]1. The Morgan fingerprint density at radius 1 is 1.31 bits per heavy atom. The van der Waals surface area contributed by atoms with Crippen LogP contribution in [0.25, 0.3) is 11.0 Å². The maximum absolute atomic E-state index is 5.85. The summed E-state index contributed by atoms with van der Waals surface area (Å²) < 4.78 is 0. The van der Waals surface area contributed by atoms with Crippen molar-refractivity contribution in [1.29, 1.82) is 0 Å². The van der Waals surface area contributed by atoms with Gasteiger partial charge in [0.2, 0.25) is 0 Å². The second-order valence-electron chi connectivity index (χ2n) is 2.53. The minimum atomic E-state index is 0.535. The largest absolute Gasteiger partial charge is 0.333 e. The van der Waals surface area contributed by atoms with Crippen molar-refractivity contribution in [3.05, 3.63) is 22.2 Å². The number of benzene rings is 1. The molecule has 0 fully saturated rings. The van der Waals surface area contributed by atoms with Gasteiger partial charge < -0.3 is 4.98 Å². The molecule has 2 nitrogen and oxygen atoms in total. The average Bonchev–Trinajstić information content (AvgIpc) is 2.48. The highest BCUT2D eigenvalue weighted by Gasteiger charge is 2.05. The van der Waals surface area contributed by atoms with Crippen LogP contribution >= 0.6 is 35.0 Å². The van der Waals surface area contributed by atoms with Crippen molar-refractivity contribution in [2.24, 2.45) is 0 Å². The summed E-state index contributed by atoms with van der Waals surface area (Å²) in [6.45, 7) is 0. The molecule has 0 amide bonds. The Balaban J connectivity index is 2.70. The number of hydrogen-bond donors (Lipinski definition) is 1. The van der Waals surface area contributed by atoms with Crippen LogP contribution in [0.1, 0.15) is 0 Å². The lowest BCUT2D eigenvalue weighted by molar-refractivity contribution is 1.09. The molecule has 1 heterocycles. The molecule has 0 spiro atoms. The minimum Gasteiger partial charge on any atom is -0.333 e. The van der Waals surface area contributed by atoms with E-state index in [1.165, 1.54) is 0 Å². The Hall–Kier alpha value is -0.380. The highest BCUT2D eigenvalue weighted by Crippen LogP contribution is 2.27. The molecule has 0 aliphatic heterocycles. The monoisotopic (exact) mass is 232 g/mol. The van der Waals surface area contributed by atoms with Crippen molar-refractivity contribution >= 4 is 46.0 Å². The first-order valence-electron chi connectivity index (χ1n) is 3.59. The maximum atomic E-state index is 5.85. The molecule has 1 N–H and O–H groups in total. The number of thioether (sulfide) groups is 1. The van der Waals surface area contributed by atoms with Gasteiger partial charge in [0.1, 0.15) is 0 Å². The molecule has 0 radical (unpaired) electrons. The zero-order chi connectivity index (χ0) is 9.42. The van der Waals surface area contributed by atoms with E-state index in [4.69, 9.17) is 23.2 Å². The molecule has 2 rings (SSSR count). The summed E-state index contributed by atoms with van der Waals surface area (Å²) >= 11 is 13.3. The third kappa shape index (κ3) is 1.64. The molecule has 2 aromatic rings. The van der Waals surface area contributed by atoms with E-state index in [0.717, 1.165) is 16.2 Å². The Morgan fingerprint density at radius 3 is 2.69 bits per heavy atom. The molecule has 0 saturated carbocycles. The fourth-order valence-electron chi connectivity index (χ4n) is 1.08. The van der Waals surface area contributed by atoms with Crippen LogP contribution in [-0.4, -0.2) is 16.2 Å². The van der Waals surface area contributed by atoms with E-state index in [1.807, 2.05) is 6.26 Å². The smallest absolute Gasteiger partial charge is 0.166 e. The molecule has 13 heavy (non-hydrogen) atoms. The predicted octanol–water partition coefficient (Wildman–Crippen LogP) is 3.59. The van der Waals surface area contributed by atoms with E-state index in [0.29, 0.717) is 10.0 Å². The molecule has 68 valence electrons. The highest BCUT2D eigenvalue weighted by atomic mass is 35.5. The van der Waals surface area contributed by atoms with Gasteiger partial charge in [0, 0.05) is 0 Å². The van der Waals surface area contributed by atoms with E-state index >= 15 is 0 Å². The number of H-pyrrole nitrogens is 1. The van der Waals surface area contributed by atoms with Crippen LogP contribution in [0.15, 0.2) is 17.3 Å². The van der Waals surface area contributed by atoms with Gasteiger partial charge in [-0.2, -0.15) is 0 Å². The van der Waals surface area contributed by atoms with Gasteiger partial charge in [-0.3, -0.25) is 0 Å². The Labute approximate surface area is 89.6 Å². The fourth-order valence-corrected chi connectivity index (χ4v) is 1.80. The highest BCUT2D eigenvalue weighted by molar-refractivity contribution is 7.98. The molecule has 0 saturated heterocycles. The number of rotatable bonds is 1. The number of fused-ring (bicyclic) bond motifs is 1. The van der Waals surface area contributed by atoms with Crippen LogP contribution in [0.3, 0.4) is 0 Å². The summed E-state index contributed by atoms with van der Waals surface area (Å²) in [5.74, 6) is 0. The second-order valence-corrected chi connectivity index (χ2v) is 4.14. The van der Waals surface area contributed by atoms with E-state index < -0.39 is 0 Å². The summed E-state index contributed by atoms with van der Waals surface area (Å²) in [4.78, 5) is 7.42. The number of halogens is 2. The van der Waals surface area contributed by atoms with Gasteiger partial charge in [0.25, 0.3) is 0 Å². The van der Waals surface area contributed by atoms with Gasteiger partial charge in [0.05, 0.1) is 21.1 Å². The molecule has 5 heteroatoms. The molecular weight excluding hydrogens is 227 g/mol. The number of hydrogen-bond acceptors (Lipinski definition) is 2. The quantitative estimate of drug-likeness (QED) is 0.762. The minimum absolute atomic E-state index is 0.535. The zero-order valence-electron chi connectivity index (χ0n) is 6.77. The van der Waals surface area contributed by atoms with Crippen molar-refractivity contribution in [2.45, 2.75) is 5.16 Å². The van der Waals surface area contributed by atoms with Gasteiger partial charge >= 0.3 is 0 Å². The van der Waals surface area contributed by atoms with Crippen LogP contribution < -0.4 is 0 Å². The molecule has 0 aliphatic carbocycles. The van der Waals surface area contributed by atoms with Crippen LogP contribution in [0.2, 0.25) is 10.0 Å². The first-order valence-corrected chi connectivity index (χ1v) is 5.57. The van der Waals surface area contributed by atoms with Crippen molar-refractivity contribution in [3.8, 4) is 0 Å². The van der Waals surface area contributed by atoms with Crippen molar-refractivity contribution in [3.63, 3.8) is 0 Å². The summed E-state index contributed by atoms with van der Waals surface area (Å²) in [6.07, 6.45) is 1.96. The van der Waals surface area contributed by atoms with Crippen molar-refractivity contribution in [2.75, 3.05) is 6.26 Å².